The molecule has 2 aromatic carbocycles. The van der Waals surface area contributed by atoms with Crippen molar-refractivity contribution in [3.05, 3.63) is 81.4 Å². The average molecular weight is 429 g/mol. The number of nitrogens with one attached hydrogen (secondary N) is 2. The van der Waals surface area contributed by atoms with E-state index in [-0.39, 0.29) is 11.3 Å². The van der Waals surface area contributed by atoms with Gasteiger partial charge in [0, 0.05) is 17.3 Å². The van der Waals surface area contributed by atoms with Gasteiger partial charge in [-0.1, -0.05) is 36.8 Å². The third kappa shape index (κ3) is 3.94. The van der Waals surface area contributed by atoms with Gasteiger partial charge in [-0.15, -0.1) is 0 Å². The average Bonchev–Trinajstić information content (AvgIpc) is 2.79. The lowest BCUT2D eigenvalue weighted by Gasteiger charge is -2.12. The van der Waals surface area contributed by atoms with Crippen LogP contribution in [0, 0.1) is 13.8 Å². The van der Waals surface area contributed by atoms with E-state index in [1.807, 2.05) is 32.0 Å². The van der Waals surface area contributed by atoms with E-state index in [0.717, 1.165) is 16.5 Å². The summed E-state index contributed by atoms with van der Waals surface area (Å²) in [4.78, 5) is 42.7. The SMILES string of the molecule is CCCn1nc(C(=O)NNC(=O)c2cc3cc(C)ccc3nc2C)c2ccccc2c1=O. The van der Waals surface area contributed by atoms with Crippen molar-refractivity contribution in [1.82, 2.24) is 25.6 Å². The Bertz CT molecular complexity index is 1420. The van der Waals surface area contributed by atoms with Gasteiger partial charge >= 0.3 is 0 Å². The van der Waals surface area contributed by atoms with E-state index >= 15 is 0 Å². The third-order valence-electron chi connectivity index (χ3n) is 5.21. The van der Waals surface area contributed by atoms with Crippen LogP contribution in [-0.4, -0.2) is 26.6 Å². The quantitative estimate of drug-likeness (QED) is 0.485. The van der Waals surface area contributed by atoms with Gasteiger partial charge in [0.15, 0.2) is 5.69 Å². The standard InChI is InChI=1S/C24H23N5O3/c1-4-11-29-24(32)18-8-6-5-7-17(18)21(28-29)23(31)27-26-22(30)19-13-16-12-14(2)9-10-20(16)25-15(19)3/h5-10,12-13H,4,11H2,1-3H3,(H,26,30)(H,27,31). The van der Waals surface area contributed by atoms with Gasteiger partial charge in [0.05, 0.1) is 22.2 Å². The van der Waals surface area contributed by atoms with Crippen LogP contribution in [0.2, 0.25) is 0 Å². The Kier molecular flexibility index (Phi) is 5.68. The first kappa shape index (κ1) is 21.2. The van der Waals surface area contributed by atoms with Gasteiger partial charge in [-0.05, 0) is 44.5 Å². The molecule has 0 radical (unpaired) electrons. The van der Waals surface area contributed by atoms with Gasteiger partial charge in [-0.25, -0.2) is 4.68 Å². The molecule has 0 spiro atoms. The highest BCUT2D eigenvalue weighted by Gasteiger charge is 2.18. The molecule has 8 heteroatoms. The van der Waals surface area contributed by atoms with Gasteiger partial charge < -0.3 is 0 Å². The van der Waals surface area contributed by atoms with Gasteiger partial charge in [0.25, 0.3) is 17.4 Å². The minimum Gasteiger partial charge on any atom is -0.267 e. The van der Waals surface area contributed by atoms with Crippen LogP contribution in [0.5, 0.6) is 0 Å². The number of rotatable bonds is 4. The first-order chi connectivity index (χ1) is 15.4. The van der Waals surface area contributed by atoms with Crippen molar-refractivity contribution in [3.8, 4) is 0 Å². The molecule has 2 amide bonds. The van der Waals surface area contributed by atoms with E-state index in [1.165, 1.54) is 4.68 Å². The summed E-state index contributed by atoms with van der Waals surface area (Å²) in [7, 11) is 0. The molecule has 2 N–H and O–H groups in total. The largest absolute Gasteiger partial charge is 0.290 e. The fourth-order valence-corrected chi connectivity index (χ4v) is 3.63. The lowest BCUT2D eigenvalue weighted by Crippen LogP contribution is -2.43. The number of hydrogen-bond acceptors (Lipinski definition) is 5. The fraction of sp³-hybridized carbons (Fsp3) is 0.208. The number of benzene rings is 2. The van der Waals surface area contributed by atoms with Crippen LogP contribution in [0.1, 0.15) is 45.4 Å². The summed E-state index contributed by atoms with van der Waals surface area (Å²) in [6, 6.07) is 14.4. The van der Waals surface area contributed by atoms with Gasteiger partial charge in [-0.3, -0.25) is 30.2 Å². The maximum absolute atomic E-state index is 12.9. The maximum atomic E-state index is 12.9. The first-order valence-electron chi connectivity index (χ1n) is 10.4. The minimum atomic E-state index is -0.610. The highest BCUT2D eigenvalue weighted by Crippen LogP contribution is 2.18. The van der Waals surface area contributed by atoms with Crippen molar-refractivity contribution in [1.29, 1.82) is 0 Å². The number of nitrogens with zero attached hydrogens (tertiary/aromatic N) is 3. The molecule has 0 aliphatic heterocycles. The smallest absolute Gasteiger partial charge is 0.267 e. The van der Waals surface area contributed by atoms with Crippen molar-refractivity contribution in [2.24, 2.45) is 0 Å². The highest BCUT2D eigenvalue weighted by atomic mass is 16.2. The molecule has 2 aromatic heterocycles. The van der Waals surface area contributed by atoms with Crippen LogP contribution in [-0.2, 0) is 6.54 Å². The summed E-state index contributed by atoms with van der Waals surface area (Å²) in [6.07, 6.45) is 0.691. The van der Waals surface area contributed by atoms with Crippen molar-refractivity contribution < 1.29 is 9.59 Å². The summed E-state index contributed by atoms with van der Waals surface area (Å²) < 4.78 is 1.28. The van der Waals surface area contributed by atoms with E-state index in [2.05, 4.69) is 20.9 Å². The molecule has 162 valence electrons. The van der Waals surface area contributed by atoms with Crippen molar-refractivity contribution in [2.75, 3.05) is 0 Å². The second-order valence-electron chi connectivity index (χ2n) is 7.65. The Morgan fingerprint density at radius 2 is 1.69 bits per heavy atom. The zero-order valence-corrected chi connectivity index (χ0v) is 18.1. The molecule has 0 aliphatic rings. The van der Waals surface area contributed by atoms with E-state index in [4.69, 9.17) is 0 Å². The number of fused-ring (bicyclic) bond motifs is 2. The van der Waals surface area contributed by atoms with Crippen LogP contribution in [0.4, 0.5) is 0 Å². The van der Waals surface area contributed by atoms with Gasteiger partial charge in [-0.2, -0.15) is 5.10 Å². The molecule has 4 aromatic rings. The topological polar surface area (TPSA) is 106 Å². The number of carbonyl (C=O) groups excluding carboxylic acids is 2. The Labute approximate surface area is 184 Å². The van der Waals surface area contributed by atoms with Crippen LogP contribution in [0.3, 0.4) is 0 Å². The lowest BCUT2D eigenvalue weighted by molar-refractivity contribution is 0.0843. The summed E-state index contributed by atoms with van der Waals surface area (Å²) in [5, 5.41) is 5.90. The molecule has 0 saturated carbocycles. The molecule has 0 bridgehead atoms. The molecule has 0 saturated heterocycles. The van der Waals surface area contributed by atoms with Crippen LogP contribution in [0.15, 0.2) is 53.3 Å². The summed E-state index contributed by atoms with van der Waals surface area (Å²) >= 11 is 0. The summed E-state index contributed by atoms with van der Waals surface area (Å²) in [5.41, 5.74) is 7.44. The normalized spacial score (nSPS) is 11.0. The predicted octanol–water partition coefficient (Wildman–Crippen LogP) is 3.05. The second-order valence-corrected chi connectivity index (χ2v) is 7.65. The Balaban J connectivity index is 1.62. The molecule has 2 heterocycles. The number of aryl methyl sites for hydroxylation is 3. The molecule has 0 unspecified atom stereocenters. The number of carbonyl (C=O) groups is 2. The maximum Gasteiger partial charge on any atom is 0.290 e. The van der Waals surface area contributed by atoms with Crippen LogP contribution >= 0.6 is 0 Å². The molecule has 0 aliphatic carbocycles. The molecule has 4 rings (SSSR count). The van der Waals surface area contributed by atoms with Crippen LogP contribution < -0.4 is 16.4 Å². The number of amides is 2. The Morgan fingerprint density at radius 1 is 0.969 bits per heavy atom. The van der Waals surface area contributed by atoms with E-state index in [1.54, 1.807) is 37.3 Å². The molecule has 8 nitrogen and oxygen atoms in total. The highest BCUT2D eigenvalue weighted by molar-refractivity contribution is 6.06. The summed E-state index contributed by atoms with van der Waals surface area (Å²) in [6.45, 7) is 6.02. The summed E-state index contributed by atoms with van der Waals surface area (Å²) in [5.74, 6) is -1.10. The molecule has 32 heavy (non-hydrogen) atoms. The molecular weight excluding hydrogens is 406 g/mol. The third-order valence-corrected chi connectivity index (χ3v) is 5.21. The van der Waals surface area contributed by atoms with Crippen LogP contribution in [0.25, 0.3) is 21.7 Å². The zero-order valence-electron chi connectivity index (χ0n) is 18.1. The molecule has 0 fully saturated rings. The lowest BCUT2D eigenvalue weighted by atomic mass is 10.1. The Hall–Kier alpha value is -4.07. The van der Waals surface area contributed by atoms with E-state index in [9.17, 15) is 14.4 Å². The van der Waals surface area contributed by atoms with Crippen molar-refractivity contribution in [2.45, 2.75) is 33.7 Å². The van der Waals surface area contributed by atoms with Gasteiger partial charge in [0.2, 0.25) is 0 Å². The fourth-order valence-electron chi connectivity index (χ4n) is 3.63. The first-order valence-corrected chi connectivity index (χ1v) is 10.4. The monoisotopic (exact) mass is 429 g/mol. The number of hydrogen-bond donors (Lipinski definition) is 2. The molecular formula is C24H23N5O3. The predicted molar refractivity (Wildman–Crippen MR) is 122 cm³/mol. The second kappa shape index (κ2) is 8.58. The number of pyridine rings is 1. The molecule has 0 atom stereocenters. The van der Waals surface area contributed by atoms with E-state index in [0.29, 0.717) is 35.0 Å². The van der Waals surface area contributed by atoms with E-state index < -0.39 is 11.8 Å². The minimum absolute atomic E-state index is 0.0675. The number of hydrazine groups is 1. The zero-order chi connectivity index (χ0) is 22.8. The van der Waals surface area contributed by atoms with Crippen molar-refractivity contribution in [3.63, 3.8) is 0 Å². The van der Waals surface area contributed by atoms with Gasteiger partial charge in [0.1, 0.15) is 0 Å². The number of aromatic nitrogens is 3. The Morgan fingerprint density at radius 3 is 2.44 bits per heavy atom. The van der Waals surface area contributed by atoms with Crippen molar-refractivity contribution >= 4 is 33.5 Å².